The molecule has 0 aliphatic carbocycles. The molecule has 1 rings (SSSR count). The second kappa shape index (κ2) is 5.66. The van der Waals surface area contributed by atoms with Gasteiger partial charge >= 0.3 is 5.97 Å². The molecule has 3 atom stereocenters. The van der Waals surface area contributed by atoms with Gasteiger partial charge in [-0.3, -0.25) is 4.79 Å². The van der Waals surface area contributed by atoms with E-state index in [2.05, 4.69) is 6.92 Å². The van der Waals surface area contributed by atoms with Crippen LogP contribution < -0.4 is 5.73 Å². The van der Waals surface area contributed by atoms with Crippen molar-refractivity contribution in [1.29, 1.82) is 0 Å². The standard InChI is InChI=1S/C13H19NO2/c1-9(11-6-4-3-5-7-11)8-12(14)10(2)13(15)16/h3-7,9-10,12H,8,14H2,1-2H3,(H,15,16). The molecule has 0 spiro atoms. The van der Waals surface area contributed by atoms with Gasteiger partial charge in [-0.25, -0.2) is 0 Å². The summed E-state index contributed by atoms with van der Waals surface area (Å²) in [5.74, 6) is -1.03. The molecule has 0 aromatic heterocycles. The molecule has 3 N–H and O–H groups in total. The highest BCUT2D eigenvalue weighted by atomic mass is 16.4. The maximum absolute atomic E-state index is 10.8. The van der Waals surface area contributed by atoms with Gasteiger partial charge in [-0.05, 0) is 17.9 Å². The minimum absolute atomic E-state index is 0.290. The van der Waals surface area contributed by atoms with Crippen LogP contribution in [0, 0.1) is 5.92 Å². The summed E-state index contributed by atoms with van der Waals surface area (Å²) < 4.78 is 0. The van der Waals surface area contributed by atoms with E-state index >= 15 is 0 Å². The zero-order chi connectivity index (χ0) is 12.1. The van der Waals surface area contributed by atoms with Crippen molar-refractivity contribution in [2.45, 2.75) is 32.2 Å². The fourth-order valence-electron chi connectivity index (χ4n) is 1.71. The van der Waals surface area contributed by atoms with Crippen LogP contribution in [-0.2, 0) is 4.79 Å². The third-order valence-corrected chi connectivity index (χ3v) is 3.03. The highest BCUT2D eigenvalue weighted by Crippen LogP contribution is 2.22. The summed E-state index contributed by atoms with van der Waals surface area (Å²) >= 11 is 0. The summed E-state index contributed by atoms with van der Waals surface area (Å²) in [7, 11) is 0. The monoisotopic (exact) mass is 221 g/mol. The number of nitrogens with two attached hydrogens (primary N) is 1. The number of carboxylic acid groups (broad SMARTS) is 1. The highest BCUT2D eigenvalue weighted by Gasteiger charge is 2.22. The molecule has 0 saturated heterocycles. The van der Waals surface area contributed by atoms with Crippen LogP contribution in [0.15, 0.2) is 30.3 Å². The van der Waals surface area contributed by atoms with E-state index in [4.69, 9.17) is 10.8 Å². The Morgan fingerprint density at radius 2 is 1.88 bits per heavy atom. The molecule has 16 heavy (non-hydrogen) atoms. The lowest BCUT2D eigenvalue weighted by molar-refractivity contribution is -0.141. The molecule has 88 valence electrons. The highest BCUT2D eigenvalue weighted by molar-refractivity contribution is 5.70. The van der Waals surface area contributed by atoms with Gasteiger partial charge in [-0.1, -0.05) is 44.2 Å². The summed E-state index contributed by atoms with van der Waals surface area (Å²) in [6.45, 7) is 3.73. The zero-order valence-electron chi connectivity index (χ0n) is 9.76. The van der Waals surface area contributed by atoms with Crippen molar-refractivity contribution in [3.63, 3.8) is 0 Å². The molecule has 0 heterocycles. The average Bonchev–Trinajstić information content (AvgIpc) is 2.28. The Bertz CT molecular complexity index is 337. The van der Waals surface area contributed by atoms with Crippen molar-refractivity contribution >= 4 is 5.97 Å². The van der Waals surface area contributed by atoms with E-state index in [9.17, 15) is 4.79 Å². The van der Waals surface area contributed by atoms with Gasteiger partial charge in [0.15, 0.2) is 0 Å². The van der Waals surface area contributed by atoms with E-state index in [0.29, 0.717) is 6.42 Å². The van der Waals surface area contributed by atoms with Crippen LogP contribution in [0.3, 0.4) is 0 Å². The maximum Gasteiger partial charge on any atom is 0.307 e. The number of rotatable bonds is 5. The van der Waals surface area contributed by atoms with Gasteiger partial charge in [0.05, 0.1) is 5.92 Å². The Balaban J connectivity index is 2.58. The van der Waals surface area contributed by atoms with Crippen LogP contribution in [0.1, 0.15) is 31.7 Å². The quantitative estimate of drug-likeness (QED) is 0.801. The van der Waals surface area contributed by atoms with E-state index in [1.165, 1.54) is 5.56 Å². The van der Waals surface area contributed by atoms with E-state index in [1.54, 1.807) is 6.92 Å². The number of aliphatic carboxylic acids is 1. The molecule has 1 aromatic carbocycles. The smallest absolute Gasteiger partial charge is 0.307 e. The number of hydrogen-bond donors (Lipinski definition) is 2. The Morgan fingerprint density at radius 3 is 2.38 bits per heavy atom. The second-order valence-electron chi connectivity index (χ2n) is 4.34. The summed E-state index contributed by atoms with van der Waals surface area (Å²) in [6, 6.07) is 9.73. The Labute approximate surface area is 96.3 Å². The summed E-state index contributed by atoms with van der Waals surface area (Å²) in [5, 5.41) is 8.86. The first-order chi connectivity index (χ1) is 7.52. The van der Waals surface area contributed by atoms with Crippen molar-refractivity contribution in [3.05, 3.63) is 35.9 Å². The molecular formula is C13H19NO2. The average molecular weight is 221 g/mol. The van der Waals surface area contributed by atoms with E-state index in [0.717, 1.165) is 0 Å². The van der Waals surface area contributed by atoms with Crippen molar-refractivity contribution in [2.24, 2.45) is 11.7 Å². The molecule has 0 fully saturated rings. The van der Waals surface area contributed by atoms with Gasteiger partial charge in [0.1, 0.15) is 0 Å². The Morgan fingerprint density at radius 1 is 1.31 bits per heavy atom. The third kappa shape index (κ3) is 3.35. The first-order valence-corrected chi connectivity index (χ1v) is 5.55. The van der Waals surface area contributed by atoms with Crippen LogP contribution in [0.2, 0.25) is 0 Å². The van der Waals surface area contributed by atoms with Crippen LogP contribution in [-0.4, -0.2) is 17.1 Å². The molecule has 1 aromatic rings. The van der Waals surface area contributed by atoms with Crippen LogP contribution >= 0.6 is 0 Å². The van der Waals surface area contributed by atoms with E-state index in [1.807, 2.05) is 30.3 Å². The van der Waals surface area contributed by atoms with Gasteiger partial charge < -0.3 is 10.8 Å². The number of hydrogen-bond acceptors (Lipinski definition) is 2. The van der Waals surface area contributed by atoms with Gasteiger partial charge in [-0.2, -0.15) is 0 Å². The lowest BCUT2D eigenvalue weighted by Crippen LogP contribution is -2.34. The fourth-order valence-corrected chi connectivity index (χ4v) is 1.71. The molecule has 0 aliphatic rings. The van der Waals surface area contributed by atoms with E-state index < -0.39 is 11.9 Å². The maximum atomic E-state index is 10.8. The minimum atomic E-state index is -0.826. The normalized spacial score (nSPS) is 16.4. The Kier molecular flexibility index (Phi) is 4.50. The predicted molar refractivity (Wildman–Crippen MR) is 64.2 cm³/mol. The Hall–Kier alpha value is -1.35. The van der Waals surface area contributed by atoms with Gasteiger partial charge in [0.2, 0.25) is 0 Å². The summed E-state index contributed by atoms with van der Waals surface area (Å²) in [6.07, 6.45) is 0.692. The fraction of sp³-hybridized carbons (Fsp3) is 0.462. The lowest BCUT2D eigenvalue weighted by Gasteiger charge is -2.20. The first kappa shape index (κ1) is 12.7. The van der Waals surface area contributed by atoms with Gasteiger partial charge in [0, 0.05) is 6.04 Å². The van der Waals surface area contributed by atoms with Crippen LogP contribution in [0.4, 0.5) is 0 Å². The summed E-state index contributed by atoms with van der Waals surface area (Å²) in [5.41, 5.74) is 7.08. The van der Waals surface area contributed by atoms with Crippen LogP contribution in [0.5, 0.6) is 0 Å². The topological polar surface area (TPSA) is 63.3 Å². The molecule has 3 unspecified atom stereocenters. The minimum Gasteiger partial charge on any atom is -0.481 e. The third-order valence-electron chi connectivity index (χ3n) is 3.03. The molecule has 3 nitrogen and oxygen atoms in total. The largest absolute Gasteiger partial charge is 0.481 e. The molecular weight excluding hydrogens is 202 g/mol. The molecule has 0 bridgehead atoms. The predicted octanol–water partition coefficient (Wildman–Crippen LogP) is 2.23. The SMILES string of the molecule is CC(CC(N)C(C)C(=O)O)c1ccccc1. The van der Waals surface area contributed by atoms with Gasteiger partial charge in [-0.15, -0.1) is 0 Å². The van der Waals surface area contributed by atoms with Crippen molar-refractivity contribution in [2.75, 3.05) is 0 Å². The zero-order valence-corrected chi connectivity index (χ0v) is 9.76. The number of benzene rings is 1. The first-order valence-electron chi connectivity index (χ1n) is 5.55. The number of carboxylic acids is 1. The van der Waals surface area contributed by atoms with Crippen molar-refractivity contribution < 1.29 is 9.90 Å². The molecule has 3 heteroatoms. The van der Waals surface area contributed by atoms with Gasteiger partial charge in [0.25, 0.3) is 0 Å². The summed E-state index contributed by atoms with van der Waals surface area (Å²) in [4.78, 5) is 10.8. The van der Waals surface area contributed by atoms with Crippen molar-refractivity contribution in [1.82, 2.24) is 0 Å². The lowest BCUT2D eigenvalue weighted by atomic mass is 9.89. The molecule has 0 aliphatic heterocycles. The molecule has 0 radical (unpaired) electrons. The second-order valence-corrected chi connectivity index (χ2v) is 4.34. The van der Waals surface area contributed by atoms with E-state index in [-0.39, 0.29) is 12.0 Å². The number of carbonyl (C=O) groups is 1. The molecule has 0 amide bonds. The molecule has 0 saturated carbocycles. The van der Waals surface area contributed by atoms with Crippen LogP contribution in [0.25, 0.3) is 0 Å². The van der Waals surface area contributed by atoms with Crippen molar-refractivity contribution in [3.8, 4) is 0 Å².